The molecule has 0 bridgehead atoms. The van der Waals surface area contributed by atoms with Crippen LogP contribution in [-0.4, -0.2) is 16.9 Å². The maximum absolute atomic E-state index is 4.90. The van der Waals surface area contributed by atoms with E-state index in [1.807, 2.05) is 6.07 Å². The number of rotatable bonds is 1. The molecule has 0 aromatic heterocycles. The molecule has 0 saturated carbocycles. The summed E-state index contributed by atoms with van der Waals surface area (Å²) in [6.45, 7) is 6.45. The number of hydrogen-bond donors (Lipinski definition) is 0. The van der Waals surface area contributed by atoms with Crippen LogP contribution in [-0.2, 0) is 32.9 Å². The van der Waals surface area contributed by atoms with Crippen LogP contribution in [0.5, 0.6) is 0 Å². The second-order valence-corrected chi connectivity index (χ2v) is 7.19. The molecule has 0 spiro atoms. The molecule has 2 heterocycles. The van der Waals surface area contributed by atoms with E-state index in [1.54, 1.807) is 0 Å². The van der Waals surface area contributed by atoms with Gasteiger partial charge in [0, 0.05) is 31.7 Å². The molecular formula is C21H21IrN3-2. The van der Waals surface area contributed by atoms with Crippen molar-refractivity contribution in [1.82, 2.24) is 5.01 Å². The van der Waals surface area contributed by atoms with E-state index in [1.165, 1.54) is 53.5 Å². The molecule has 4 heteroatoms. The fourth-order valence-corrected chi connectivity index (χ4v) is 3.99. The van der Waals surface area contributed by atoms with Crippen molar-refractivity contribution in [3.63, 3.8) is 0 Å². The first-order valence-corrected chi connectivity index (χ1v) is 8.91. The van der Waals surface area contributed by atoms with E-state index in [0.29, 0.717) is 6.04 Å². The first-order chi connectivity index (χ1) is 11.7. The van der Waals surface area contributed by atoms with Gasteiger partial charge in [0.1, 0.15) is 5.84 Å². The summed E-state index contributed by atoms with van der Waals surface area (Å²) in [7, 11) is 0. The van der Waals surface area contributed by atoms with Gasteiger partial charge < -0.3 is 9.91 Å². The standard InChI is InChI=1S/C21H21N3.Ir/c1-14(2)24-13-23-20-10-6-5-9-17(20)18-11-15-7-3-4-8-16(15)12-19(18)21(23)22-24;/h5-6,9,11-14H,3-4,7-8H2,1-2H3;/q-2;. The molecule has 2 aromatic rings. The Morgan fingerprint density at radius 2 is 1.80 bits per heavy atom. The van der Waals surface area contributed by atoms with Gasteiger partial charge in [0.25, 0.3) is 0 Å². The van der Waals surface area contributed by atoms with Crippen molar-refractivity contribution in [2.75, 3.05) is 4.90 Å². The van der Waals surface area contributed by atoms with Gasteiger partial charge in [0.15, 0.2) is 0 Å². The molecule has 0 amide bonds. The van der Waals surface area contributed by atoms with Crippen molar-refractivity contribution in [2.24, 2.45) is 5.10 Å². The molecule has 2 aliphatic heterocycles. The number of para-hydroxylation sites is 1. The molecule has 5 rings (SSSR count). The zero-order valence-corrected chi connectivity index (χ0v) is 16.9. The number of aryl methyl sites for hydroxylation is 2. The van der Waals surface area contributed by atoms with Gasteiger partial charge in [0.05, 0.1) is 0 Å². The number of amidine groups is 1. The van der Waals surface area contributed by atoms with Gasteiger partial charge in [-0.3, -0.25) is 0 Å². The predicted octanol–water partition coefficient (Wildman–Crippen LogP) is 4.35. The summed E-state index contributed by atoms with van der Waals surface area (Å²) in [6, 6.07) is 14.9. The Bertz CT molecular complexity index is 856. The van der Waals surface area contributed by atoms with Gasteiger partial charge in [-0.2, -0.15) is 29.4 Å². The van der Waals surface area contributed by atoms with Gasteiger partial charge in [0.2, 0.25) is 0 Å². The van der Waals surface area contributed by atoms with Crippen LogP contribution in [0.4, 0.5) is 5.69 Å². The van der Waals surface area contributed by atoms with E-state index >= 15 is 0 Å². The Labute approximate surface area is 163 Å². The summed E-state index contributed by atoms with van der Waals surface area (Å²) in [5.41, 5.74) is 7.99. The molecule has 0 N–H and O–H groups in total. The second kappa shape index (κ2) is 6.26. The SMILES string of the molecule is CC(C)N1[CH-]N2C(=N1)c1cc3c(cc1-c1ccc[c-]c12)CCCC3.[Ir]. The van der Waals surface area contributed by atoms with Crippen LogP contribution in [0.25, 0.3) is 11.1 Å². The summed E-state index contributed by atoms with van der Waals surface area (Å²) in [4.78, 5) is 2.20. The largest absolute Gasteiger partial charge is 0.476 e. The molecule has 2 aromatic carbocycles. The maximum Gasteiger partial charge on any atom is 0.127 e. The summed E-state index contributed by atoms with van der Waals surface area (Å²) in [6.07, 6.45) is 5.01. The normalized spacial score (nSPS) is 17.3. The van der Waals surface area contributed by atoms with Gasteiger partial charge in [-0.05, 0) is 56.7 Å². The van der Waals surface area contributed by atoms with Crippen molar-refractivity contribution >= 4 is 11.5 Å². The van der Waals surface area contributed by atoms with Crippen LogP contribution in [0.2, 0.25) is 0 Å². The van der Waals surface area contributed by atoms with Crippen LogP contribution < -0.4 is 4.90 Å². The van der Waals surface area contributed by atoms with Crippen molar-refractivity contribution in [2.45, 2.75) is 45.6 Å². The minimum atomic E-state index is 0. The quantitative estimate of drug-likeness (QED) is 0.535. The molecule has 3 nitrogen and oxygen atoms in total. The summed E-state index contributed by atoms with van der Waals surface area (Å²) < 4.78 is 0. The van der Waals surface area contributed by atoms with Crippen LogP contribution in [0.1, 0.15) is 43.4 Å². The minimum absolute atomic E-state index is 0. The van der Waals surface area contributed by atoms with Gasteiger partial charge >= 0.3 is 0 Å². The molecule has 25 heavy (non-hydrogen) atoms. The first-order valence-electron chi connectivity index (χ1n) is 8.91. The summed E-state index contributed by atoms with van der Waals surface area (Å²) in [5.74, 6) is 1.04. The molecule has 0 saturated heterocycles. The third kappa shape index (κ3) is 2.54. The fourth-order valence-electron chi connectivity index (χ4n) is 3.99. The van der Waals surface area contributed by atoms with E-state index in [9.17, 15) is 0 Å². The Morgan fingerprint density at radius 1 is 1.08 bits per heavy atom. The Balaban J connectivity index is 0.00000157. The van der Waals surface area contributed by atoms with E-state index in [2.05, 4.69) is 60.8 Å². The molecular weight excluding hydrogens is 486 g/mol. The van der Waals surface area contributed by atoms with Crippen molar-refractivity contribution in [1.29, 1.82) is 0 Å². The molecule has 0 unspecified atom stereocenters. The Morgan fingerprint density at radius 3 is 2.52 bits per heavy atom. The summed E-state index contributed by atoms with van der Waals surface area (Å²) >= 11 is 0. The number of fused-ring (bicyclic) bond motifs is 7. The van der Waals surface area contributed by atoms with Crippen molar-refractivity contribution in [3.8, 4) is 11.1 Å². The van der Waals surface area contributed by atoms with Crippen LogP contribution in [0.15, 0.2) is 35.4 Å². The number of hydrazone groups is 1. The molecule has 131 valence electrons. The van der Waals surface area contributed by atoms with E-state index in [4.69, 9.17) is 5.10 Å². The number of hydrogen-bond acceptors (Lipinski definition) is 3. The van der Waals surface area contributed by atoms with E-state index in [0.717, 1.165) is 11.5 Å². The summed E-state index contributed by atoms with van der Waals surface area (Å²) in [5, 5.41) is 6.95. The second-order valence-electron chi connectivity index (χ2n) is 7.19. The Hall–Kier alpha value is -1.64. The number of nitrogens with zero attached hydrogens (tertiary/aromatic N) is 3. The van der Waals surface area contributed by atoms with Crippen molar-refractivity contribution < 1.29 is 20.1 Å². The zero-order valence-electron chi connectivity index (χ0n) is 14.5. The van der Waals surface area contributed by atoms with E-state index in [-0.39, 0.29) is 20.1 Å². The molecule has 1 radical (unpaired) electrons. The number of benzene rings is 2. The molecule has 1 aliphatic carbocycles. The van der Waals surface area contributed by atoms with E-state index < -0.39 is 0 Å². The van der Waals surface area contributed by atoms with Crippen molar-refractivity contribution in [3.05, 3.63) is 59.8 Å². The zero-order chi connectivity index (χ0) is 16.3. The molecule has 3 aliphatic rings. The van der Waals surface area contributed by atoms with Gasteiger partial charge in [-0.25, -0.2) is 0 Å². The van der Waals surface area contributed by atoms with Crippen LogP contribution >= 0.6 is 0 Å². The molecule has 0 fully saturated rings. The molecule has 0 atom stereocenters. The van der Waals surface area contributed by atoms with Gasteiger partial charge in [-0.1, -0.05) is 17.3 Å². The average Bonchev–Trinajstić information content (AvgIpc) is 3.07. The first kappa shape index (κ1) is 16.8. The third-order valence-corrected chi connectivity index (χ3v) is 5.29. The monoisotopic (exact) mass is 508 g/mol. The predicted molar refractivity (Wildman–Crippen MR) is 97.6 cm³/mol. The van der Waals surface area contributed by atoms with Gasteiger partial charge in [-0.15, -0.1) is 12.2 Å². The number of anilines is 1. The average molecular weight is 508 g/mol. The van der Waals surface area contributed by atoms with Crippen LogP contribution in [0, 0.1) is 12.7 Å². The Kier molecular flexibility index (Phi) is 4.21. The fraction of sp³-hybridized carbons (Fsp3) is 0.333. The topological polar surface area (TPSA) is 18.8 Å². The van der Waals surface area contributed by atoms with Crippen LogP contribution in [0.3, 0.4) is 0 Å². The maximum atomic E-state index is 4.90. The minimum Gasteiger partial charge on any atom is -0.476 e. The smallest absolute Gasteiger partial charge is 0.127 e. The third-order valence-electron chi connectivity index (χ3n) is 5.29.